The van der Waals surface area contributed by atoms with Gasteiger partial charge in [0, 0.05) is 5.69 Å². The van der Waals surface area contributed by atoms with Crippen LogP contribution in [0.2, 0.25) is 5.02 Å². The van der Waals surface area contributed by atoms with Gasteiger partial charge >= 0.3 is 0 Å². The molecule has 25 heavy (non-hydrogen) atoms. The minimum atomic E-state index is -3.76. The second kappa shape index (κ2) is 8.26. The third-order valence-electron chi connectivity index (χ3n) is 2.89. The van der Waals surface area contributed by atoms with Gasteiger partial charge in [0.05, 0.1) is 9.92 Å². The number of hydrogen-bond acceptors (Lipinski definition) is 5. The fraction of sp³-hybridized carbons (Fsp3) is 0.0667. The lowest BCUT2D eigenvalue weighted by Crippen LogP contribution is -2.37. The van der Waals surface area contributed by atoms with E-state index in [1.807, 2.05) is 0 Å². The van der Waals surface area contributed by atoms with Crippen LogP contribution in [-0.2, 0) is 14.8 Å². The molecule has 0 aliphatic heterocycles. The van der Waals surface area contributed by atoms with Crippen molar-refractivity contribution in [2.45, 2.75) is 4.90 Å². The molecule has 0 heterocycles. The fourth-order valence-corrected chi connectivity index (χ4v) is 2.70. The van der Waals surface area contributed by atoms with E-state index in [2.05, 4.69) is 10.6 Å². The number of hydrogen-bond donors (Lipinski definition) is 3. The Labute approximate surface area is 155 Å². The van der Waals surface area contributed by atoms with E-state index in [-0.39, 0.29) is 16.6 Å². The average molecular weight is 400 g/mol. The molecule has 0 aliphatic carbocycles. The van der Waals surface area contributed by atoms with Gasteiger partial charge in [0.2, 0.25) is 10.0 Å². The Morgan fingerprint density at radius 3 is 2.40 bits per heavy atom. The lowest BCUT2D eigenvalue weighted by atomic mass is 10.3. The van der Waals surface area contributed by atoms with Crippen LogP contribution in [0.3, 0.4) is 0 Å². The summed E-state index contributed by atoms with van der Waals surface area (Å²) < 4.78 is 27.6. The number of nitrogens with one attached hydrogen (secondary N) is 2. The van der Waals surface area contributed by atoms with Crippen LogP contribution in [-0.4, -0.2) is 26.0 Å². The number of benzene rings is 2. The number of amides is 1. The molecular weight excluding hydrogens is 386 g/mol. The lowest BCUT2D eigenvalue weighted by Gasteiger charge is -2.11. The van der Waals surface area contributed by atoms with Crippen molar-refractivity contribution in [3.05, 3.63) is 53.6 Å². The second-order valence-electron chi connectivity index (χ2n) is 4.79. The van der Waals surface area contributed by atoms with Crippen LogP contribution < -0.4 is 20.5 Å². The van der Waals surface area contributed by atoms with Crippen molar-refractivity contribution < 1.29 is 17.9 Å². The highest BCUT2D eigenvalue weighted by atomic mass is 35.5. The summed E-state index contributed by atoms with van der Waals surface area (Å²) in [6.07, 6.45) is 0. The first-order valence-corrected chi connectivity index (χ1v) is 9.20. The molecule has 4 N–H and O–H groups in total. The number of para-hydroxylation sites is 1. The highest BCUT2D eigenvalue weighted by Gasteiger charge is 2.09. The highest BCUT2D eigenvalue weighted by molar-refractivity contribution is 7.89. The molecule has 10 heteroatoms. The molecule has 0 saturated heterocycles. The topological polar surface area (TPSA) is 111 Å². The summed E-state index contributed by atoms with van der Waals surface area (Å²) in [5.74, 6) is -0.0876. The predicted octanol–water partition coefficient (Wildman–Crippen LogP) is 1.88. The number of ether oxygens (including phenoxy) is 1. The van der Waals surface area contributed by atoms with Crippen LogP contribution >= 0.6 is 23.8 Å². The van der Waals surface area contributed by atoms with E-state index in [1.54, 1.807) is 24.3 Å². The van der Waals surface area contributed by atoms with E-state index in [0.717, 1.165) is 0 Å². The molecule has 2 rings (SSSR count). The maximum absolute atomic E-state index is 11.8. The summed E-state index contributed by atoms with van der Waals surface area (Å²) in [6.45, 7) is -0.268. The monoisotopic (exact) mass is 399 g/mol. The normalized spacial score (nSPS) is 10.8. The van der Waals surface area contributed by atoms with Crippen molar-refractivity contribution in [1.82, 2.24) is 5.32 Å². The van der Waals surface area contributed by atoms with E-state index in [4.69, 9.17) is 33.7 Å². The van der Waals surface area contributed by atoms with Crippen molar-refractivity contribution in [3.8, 4) is 5.75 Å². The summed E-state index contributed by atoms with van der Waals surface area (Å²) >= 11 is 10.9. The lowest BCUT2D eigenvalue weighted by molar-refractivity contribution is -0.121. The molecule has 0 bridgehead atoms. The third-order valence-corrected chi connectivity index (χ3v) is 4.33. The Hall–Kier alpha value is -2.20. The molecule has 7 nitrogen and oxygen atoms in total. The van der Waals surface area contributed by atoms with Gasteiger partial charge < -0.3 is 10.1 Å². The van der Waals surface area contributed by atoms with E-state index >= 15 is 0 Å². The zero-order valence-corrected chi connectivity index (χ0v) is 15.1. The van der Waals surface area contributed by atoms with Gasteiger partial charge in [-0.2, -0.15) is 0 Å². The smallest absolute Gasteiger partial charge is 0.264 e. The third kappa shape index (κ3) is 5.98. The average Bonchev–Trinajstić information content (AvgIpc) is 2.53. The largest absolute Gasteiger partial charge is 0.482 e. The number of thiocarbonyl (C=S) groups is 1. The first-order valence-electron chi connectivity index (χ1n) is 6.87. The van der Waals surface area contributed by atoms with E-state index < -0.39 is 15.9 Å². The Morgan fingerprint density at radius 2 is 1.80 bits per heavy atom. The van der Waals surface area contributed by atoms with Gasteiger partial charge in [0.1, 0.15) is 5.75 Å². The molecule has 2 aromatic carbocycles. The molecule has 0 spiro atoms. The van der Waals surface area contributed by atoms with Gasteiger partial charge in [-0.3, -0.25) is 10.1 Å². The first kappa shape index (κ1) is 19.1. The Balaban J connectivity index is 1.85. The van der Waals surface area contributed by atoms with Gasteiger partial charge in [-0.15, -0.1) is 0 Å². The van der Waals surface area contributed by atoms with E-state index in [1.165, 1.54) is 24.3 Å². The molecule has 0 aromatic heterocycles. The second-order valence-corrected chi connectivity index (χ2v) is 7.17. The van der Waals surface area contributed by atoms with Gasteiger partial charge in [-0.25, -0.2) is 13.6 Å². The van der Waals surface area contributed by atoms with Gasteiger partial charge in [0.25, 0.3) is 5.91 Å². The molecular formula is C15H14ClN3O4S2. The molecule has 0 atom stereocenters. The first-order chi connectivity index (χ1) is 11.8. The number of carbonyl (C=O) groups excluding carboxylic acids is 1. The summed E-state index contributed by atoms with van der Waals surface area (Å²) in [7, 11) is -3.76. The van der Waals surface area contributed by atoms with Crippen LogP contribution in [0.15, 0.2) is 53.4 Å². The number of carbonyl (C=O) groups is 1. The molecule has 1 amide bonds. The van der Waals surface area contributed by atoms with Crippen LogP contribution in [0, 0.1) is 0 Å². The number of rotatable bonds is 5. The van der Waals surface area contributed by atoms with Gasteiger partial charge in [-0.05, 0) is 48.6 Å². The summed E-state index contributed by atoms with van der Waals surface area (Å²) in [6, 6.07) is 12.3. The van der Waals surface area contributed by atoms with Gasteiger partial charge in [-0.1, -0.05) is 23.7 Å². The minimum absolute atomic E-state index is 0.0267. The van der Waals surface area contributed by atoms with Crippen LogP contribution in [0.5, 0.6) is 5.75 Å². The summed E-state index contributed by atoms with van der Waals surface area (Å²) in [5.41, 5.74) is 0.490. The maximum Gasteiger partial charge on any atom is 0.264 e. The maximum atomic E-state index is 11.8. The van der Waals surface area contributed by atoms with Crippen molar-refractivity contribution in [2.75, 3.05) is 11.9 Å². The minimum Gasteiger partial charge on any atom is -0.482 e. The zero-order chi connectivity index (χ0) is 18.4. The number of anilines is 1. The predicted molar refractivity (Wildman–Crippen MR) is 99.1 cm³/mol. The molecule has 0 unspecified atom stereocenters. The van der Waals surface area contributed by atoms with Crippen LogP contribution in [0.1, 0.15) is 0 Å². The Bertz CT molecular complexity index is 886. The Kier molecular flexibility index (Phi) is 6.32. The van der Waals surface area contributed by atoms with Gasteiger partial charge in [0.15, 0.2) is 11.7 Å². The molecule has 0 radical (unpaired) electrons. The van der Waals surface area contributed by atoms with Crippen molar-refractivity contribution in [2.24, 2.45) is 5.14 Å². The Morgan fingerprint density at radius 1 is 1.16 bits per heavy atom. The molecule has 2 aromatic rings. The van der Waals surface area contributed by atoms with E-state index in [9.17, 15) is 13.2 Å². The quantitative estimate of drug-likeness (QED) is 0.662. The van der Waals surface area contributed by atoms with Crippen LogP contribution in [0.4, 0.5) is 5.69 Å². The number of nitrogens with two attached hydrogens (primary N) is 1. The highest BCUT2D eigenvalue weighted by Crippen LogP contribution is 2.22. The van der Waals surface area contributed by atoms with Crippen molar-refractivity contribution in [3.63, 3.8) is 0 Å². The summed E-state index contributed by atoms with van der Waals surface area (Å²) in [4.78, 5) is 11.8. The number of sulfonamides is 1. The summed E-state index contributed by atoms with van der Waals surface area (Å²) in [5, 5.41) is 10.6. The standard InChI is InChI=1S/C15H14ClN3O4S2/c16-12-3-1-2-4-13(12)23-9-14(20)19-15(24)18-10-5-7-11(8-6-10)25(17,21)22/h1-8H,9H2,(H2,17,21,22)(H2,18,19,20,24). The number of primary sulfonamides is 1. The fourth-order valence-electron chi connectivity index (χ4n) is 1.76. The molecule has 0 aliphatic rings. The van der Waals surface area contributed by atoms with E-state index in [0.29, 0.717) is 16.5 Å². The SMILES string of the molecule is NS(=O)(=O)c1ccc(NC(=S)NC(=O)COc2ccccc2Cl)cc1. The number of halogens is 1. The molecule has 0 saturated carbocycles. The van der Waals surface area contributed by atoms with Crippen molar-refractivity contribution in [1.29, 1.82) is 0 Å². The zero-order valence-electron chi connectivity index (χ0n) is 12.7. The van der Waals surface area contributed by atoms with Crippen LogP contribution in [0.25, 0.3) is 0 Å². The molecule has 132 valence electrons. The van der Waals surface area contributed by atoms with Crippen molar-refractivity contribution >= 4 is 50.5 Å². The molecule has 0 fully saturated rings.